The van der Waals surface area contributed by atoms with Crippen LogP contribution in [0.25, 0.3) is 27.7 Å². The maximum absolute atomic E-state index is 13.0. The van der Waals surface area contributed by atoms with Crippen LogP contribution in [0.4, 0.5) is 10.2 Å². The monoisotopic (exact) mass is 369 g/mol. The average Bonchev–Trinajstić information content (AvgIpc) is 3.07. The van der Waals surface area contributed by atoms with Crippen LogP contribution >= 0.6 is 11.6 Å². The van der Waals surface area contributed by atoms with Crippen molar-refractivity contribution in [2.45, 2.75) is 12.6 Å². The lowest BCUT2D eigenvalue weighted by Gasteiger charge is -2.02. The Morgan fingerprint density at radius 3 is 3.00 bits per heavy atom. The molecule has 0 spiro atoms. The Balaban J connectivity index is 1.48. The van der Waals surface area contributed by atoms with E-state index in [0.29, 0.717) is 17.3 Å². The maximum Gasteiger partial charge on any atom is 0.231 e. The third-order valence-electron chi connectivity index (χ3n) is 4.58. The van der Waals surface area contributed by atoms with Gasteiger partial charge in [0.25, 0.3) is 0 Å². The Labute approximate surface area is 152 Å². The van der Waals surface area contributed by atoms with Gasteiger partial charge in [0.2, 0.25) is 5.91 Å². The van der Waals surface area contributed by atoms with E-state index in [9.17, 15) is 9.18 Å². The highest BCUT2D eigenvalue weighted by molar-refractivity contribution is 6.35. The first-order chi connectivity index (χ1) is 12.6. The minimum atomic E-state index is -1.03. The molecule has 2 atom stereocenters. The molecule has 0 aliphatic heterocycles. The summed E-state index contributed by atoms with van der Waals surface area (Å²) >= 11 is 6.17. The SMILES string of the molecule is O=C(Nc1cc2cc(-c3cnc4[nH]cc(Cl)c4c3)ccn2n1)C1CC1F. The summed E-state index contributed by atoms with van der Waals surface area (Å²) in [6.45, 7) is 0. The first kappa shape index (κ1) is 15.3. The Hall–Kier alpha value is -2.93. The predicted octanol–water partition coefficient (Wildman–Crippen LogP) is 3.83. The molecule has 6 nitrogen and oxygen atoms in total. The van der Waals surface area contributed by atoms with Crippen molar-refractivity contribution in [3.8, 4) is 11.1 Å². The fraction of sp³-hybridized carbons (Fsp3) is 0.167. The summed E-state index contributed by atoms with van der Waals surface area (Å²) in [6, 6.07) is 7.58. The van der Waals surface area contributed by atoms with Crippen LogP contribution in [0.2, 0.25) is 5.02 Å². The van der Waals surface area contributed by atoms with Crippen molar-refractivity contribution in [1.29, 1.82) is 0 Å². The zero-order valence-corrected chi connectivity index (χ0v) is 14.2. The lowest BCUT2D eigenvalue weighted by molar-refractivity contribution is -0.117. The number of carbonyl (C=O) groups is 1. The van der Waals surface area contributed by atoms with Gasteiger partial charge in [-0.2, -0.15) is 5.10 Å². The number of alkyl halides is 1. The number of hydrogen-bond acceptors (Lipinski definition) is 3. The molecule has 0 bridgehead atoms. The smallest absolute Gasteiger partial charge is 0.231 e. The largest absolute Gasteiger partial charge is 0.345 e. The molecule has 4 aromatic heterocycles. The normalized spacial score (nSPS) is 19.2. The Morgan fingerprint density at radius 1 is 1.35 bits per heavy atom. The topological polar surface area (TPSA) is 75.1 Å². The zero-order valence-electron chi connectivity index (χ0n) is 13.4. The molecule has 1 fully saturated rings. The van der Waals surface area contributed by atoms with Gasteiger partial charge in [-0.25, -0.2) is 13.9 Å². The summed E-state index contributed by atoms with van der Waals surface area (Å²) in [5.41, 5.74) is 3.42. The van der Waals surface area contributed by atoms with Gasteiger partial charge in [0.1, 0.15) is 11.8 Å². The van der Waals surface area contributed by atoms with Gasteiger partial charge in [-0.15, -0.1) is 0 Å². The number of hydrogen-bond donors (Lipinski definition) is 2. The zero-order chi connectivity index (χ0) is 17.8. The molecule has 8 heteroatoms. The molecule has 26 heavy (non-hydrogen) atoms. The molecule has 1 saturated carbocycles. The number of pyridine rings is 2. The lowest BCUT2D eigenvalue weighted by atomic mass is 10.1. The van der Waals surface area contributed by atoms with Gasteiger partial charge in [-0.3, -0.25) is 4.79 Å². The molecule has 5 rings (SSSR count). The van der Waals surface area contributed by atoms with Gasteiger partial charge < -0.3 is 10.3 Å². The molecule has 1 aliphatic rings. The number of aromatic amines is 1. The van der Waals surface area contributed by atoms with E-state index in [1.54, 1.807) is 29.2 Å². The molecular formula is C18H13ClFN5O. The van der Waals surface area contributed by atoms with Crippen molar-refractivity contribution in [1.82, 2.24) is 19.6 Å². The minimum absolute atomic E-state index is 0.292. The van der Waals surface area contributed by atoms with Crippen LogP contribution in [0.3, 0.4) is 0 Å². The molecule has 0 radical (unpaired) electrons. The number of aromatic nitrogens is 4. The molecule has 2 N–H and O–H groups in total. The van der Waals surface area contributed by atoms with Crippen LogP contribution in [0.5, 0.6) is 0 Å². The summed E-state index contributed by atoms with van der Waals surface area (Å²) in [5.74, 6) is -0.453. The van der Waals surface area contributed by atoms with E-state index >= 15 is 0 Å². The number of nitrogens with zero attached hydrogens (tertiary/aromatic N) is 3. The lowest BCUT2D eigenvalue weighted by Crippen LogP contribution is -2.15. The van der Waals surface area contributed by atoms with Crippen LogP contribution in [0.1, 0.15) is 6.42 Å². The molecular weight excluding hydrogens is 357 g/mol. The Bertz CT molecular complexity index is 1170. The van der Waals surface area contributed by atoms with Gasteiger partial charge in [0, 0.05) is 35.6 Å². The number of halogens is 2. The second kappa shape index (κ2) is 5.54. The quantitative estimate of drug-likeness (QED) is 0.576. The molecule has 0 saturated heterocycles. The van der Waals surface area contributed by atoms with E-state index in [-0.39, 0.29) is 5.91 Å². The van der Waals surface area contributed by atoms with Crippen molar-refractivity contribution in [3.63, 3.8) is 0 Å². The van der Waals surface area contributed by atoms with Crippen molar-refractivity contribution in [2.75, 3.05) is 5.32 Å². The first-order valence-electron chi connectivity index (χ1n) is 8.16. The second-order valence-electron chi connectivity index (χ2n) is 6.42. The van der Waals surface area contributed by atoms with Gasteiger partial charge in [-0.05, 0) is 30.2 Å². The number of amides is 1. The summed E-state index contributed by atoms with van der Waals surface area (Å²) in [7, 11) is 0. The molecule has 0 aromatic carbocycles. The Kier molecular flexibility index (Phi) is 3.27. The molecule has 1 amide bonds. The van der Waals surface area contributed by atoms with E-state index in [4.69, 9.17) is 11.6 Å². The molecule has 1 aliphatic carbocycles. The number of nitrogens with one attached hydrogen (secondary N) is 2. The number of fused-ring (bicyclic) bond motifs is 2. The van der Waals surface area contributed by atoms with Crippen LogP contribution in [-0.2, 0) is 4.79 Å². The highest BCUT2D eigenvalue weighted by Crippen LogP contribution is 2.34. The van der Waals surface area contributed by atoms with E-state index in [1.165, 1.54) is 0 Å². The number of rotatable bonds is 3. The summed E-state index contributed by atoms with van der Waals surface area (Å²) < 4.78 is 14.6. The fourth-order valence-corrected chi connectivity index (χ4v) is 3.22. The standard InChI is InChI=1S/C18H13ClFN5O/c19-14-8-22-17-12(14)4-10(7-21-17)9-1-2-25-11(3-9)5-16(24-25)23-18(26)13-6-15(13)20/h1-5,7-8,13,15H,6H2,(H,21,22)(H,23,24,26). The molecule has 130 valence electrons. The number of H-pyrrole nitrogens is 1. The Morgan fingerprint density at radius 2 is 2.19 bits per heavy atom. The van der Waals surface area contributed by atoms with Gasteiger partial charge in [-0.1, -0.05) is 11.6 Å². The molecule has 4 aromatic rings. The fourth-order valence-electron chi connectivity index (χ4n) is 3.02. The highest BCUT2D eigenvalue weighted by atomic mass is 35.5. The number of carbonyl (C=O) groups excluding carboxylic acids is 1. The van der Waals surface area contributed by atoms with Crippen molar-refractivity contribution >= 4 is 39.9 Å². The average molecular weight is 370 g/mol. The van der Waals surface area contributed by atoms with Crippen LogP contribution in [0.15, 0.2) is 42.9 Å². The van der Waals surface area contributed by atoms with Crippen molar-refractivity contribution in [2.24, 2.45) is 5.92 Å². The first-order valence-corrected chi connectivity index (χ1v) is 8.54. The third kappa shape index (κ3) is 2.52. The number of anilines is 1. The summed E-state index contributed by atoms with van der Waals surface area (Å²) in [5, 5.41) is 8.44. The van der Waals surface area contributed by atoms with Crippen molar-refractivity contribution in [3.05, 3.63) is 47.9 Å². The maximum atomic E-state index is 13.0. The van der Waals surface area contributed by atoms with E-state index in [1.807, 2.05) is 18.2 Å². The minimum Gasteiger partial charge on any atom is -0.345 e. The molecule has 4 heterocycles. The van der Waals surface area contributed by atoms with Crippen molar-refractivity contribution < 1.29 is 9.18 Å². The van der Waals surface area contributed by atoms with Gasteiger partial charge >= 0.3 is 0 Å². The van der Waals surface area contributed by atoms with Crippen LogP contribution in [-0.4, -0.2) is 31.7 Å². The summed E-state index contributed by atoms with van der Waals surface area (Å²) in [6.07, 6.45) is 4.55. The van der Waals surface area contributed by atoms with E-state index in [0.717, 1.165) is 27.7 Å². The predicted molar refractivity (Wildman–Crippen MR) is 96.9 cm³/mol. The van der Waals surface area contributed by atoms with Gasteiger partial charge in [0.05, 0.1) is 16.5 Å². The van der Waals surface area contributed by atoms with E-state index in [2.05, 4.69) is 20.4 Å². The second-order valence-corrected chi connectivity index (χ2v) is 6.83. The van der Waals surface area contributed by atoms with Gasteiger partial charge in [0.15, 0.2) is 5.82 Å². The third-order valence-corrected chi connectivity index (χ3v) is 4.89. The summed E-state index contributed by atoms with van der Waals surface area (Å²) in [4.78, 5) is 19.2. The van der Waals surface area contributed by atoms with E-state index < -0.39 is 12.1 Å². The van der Waals surface area contributed by atoms with Crippen LogP contribution in [0, 0.1) is 5.92 Å². The molecule has 2 unspecified atom stereocenters. The van der Waals surface area contributed by atoms with Crippen LogP contribution < -0.4 is 5.32 Å². The highest BCUT2D eigenvalue weighted by Gasteiger charge is 2.43.